The van der Waals surface area contributed by atoms with E-state index >= 15 is 0 Å². The molecule has 0 bridgehead atoms. The van der Waals surface area contributed by atoms with Gasteiger partial charge in [0.15, 0.2) is 0 Å². The third-order valence-electron chi connectivity index (χ3n) is 2.24. The zero-order chi connectivity index (χ0) is 11.5. The maximum absolute atomic E-state index is 12.0. The predicted molar refractivity (Wildman–Crippen MR) is 61.2 cm³/mol. The molecule has 0 radical (unpaired) electrons. The largest absolute Gasteiger partial charge is 0.434 e. The molecule has 15 heavy (non-hydrogen) atoms. The van der Waals surface area contributed by atoms with E-state index in [-0.39, 0.29) is 0 Å². The Morgan fingerprint density at radius 3 is 2.00 bits per heavy atom. The van der Waals surface area contributed by atoms with Crippen molar-refractivity contribution >= 4 is 13.4 Å². The summed E-state index contributed by atoms with van der Waals surface area (Å²) >= 11 is 0. The molecule has 0 heterocycles. The van der Waals surface area contributed by atoms with Gasteiger partial charge in [0.1, 0.15) is 0 Å². The van der Waals surface area contributed by atoms with Crippen LogP contribution in [0.15, 0.2) is 24.3 Å². The molecule has 0 aliphatic heterocycles. The number of aryl methyl sites for hydroxylation is 1. The smallest absolute Gasteiger partial charge is 0.296 e. The lowest BCUT2D eigenvalue weighted by Crippen LogP contribution is -2.15. The average Bonchev–Trinajstić information content (AvgIpc) is 2.28. The number of hydrogen-bond donors (Lipinski definition) is 0. The molecule has 1 rings (SSSR count). The number of anilines is 1. The lowest BCUT2D eigenvalue weighted by Gasteiger charge is -2.25. The third-order valence-corrected chi connectivity index (χ3v) is 4.13. The summed E-state index contributed by atoms with van der Waals surface area (Å²) < 4.78 is 23.3. The van der Waals surface area contributed by atoms with Crippen LogP contribution in [0, 0.1) is 6.92 Å². The van der Waals surface area contributed by atoms with E-state index in [0.29, 0.717) is 0 Å². The fourth-order valence-corrected chi connectivity index (χ4v) is 2.28. The first-order valence-electron chi connectivity index (χ1n) is 4.56. The van der Waals surface area contributed by atoms with Gasteiger partial charge in [0.05, 0.1) is 0 Å². The standard InChI is InChI=1S/C10H16NO3P/c1-9-5-7-10(8-6-9)11(2)15(12,13-3)14-4/h5-8H,1-4H3. The van der Waals surface area contributed by atoms with Crippen molar-refractivity contribution in [3.8, 4) is 0 Å². The van der Waals surface area contributed by atoms with Crippen LogP contribution in [0.25, 0.3) is 0 Å². The second-order valence-electron chi connectivity index (χ2n) is 3.19. The molecular weight excluding hydrogens is 213 g/mol. The molecular formula is C10H16NO3P. The van der Waals surface area contributed by atoms with Gasteiger partial charge in [0.25, 0.3) is 0 Å². The van der Waals surface area contributed by atoms with Gasteiger partial charge in [-0.25, -0.2) is 4.57 Å². The minimum absolute atomic E-state index is 0.799. The Morgan fingerprint density at radius 2 is 1.60 bits per heavy atom. The van der Waals surface area contributed by atoms with Crippen LogP contribution in [0.1, 0.15) is 5.56 Å². The molecule has 0 N–H and O–H groups in total. The van der Waals surface area contributed by atoms with E-state index in [9.17, 15) is 4.57 Å². The maximum atomic E-state index is 12.0. The van der Waals surface area contributed by atoms with Crippen molar-refractivity contribution in [2.45, 2.75) is 6.92 Å². The summed E-state index contributed by atoms with van der Waals surface area (Å²) in [5, 5.41) is 0. The van der Waals surface area contributed by atoms with Crippen molar-refractivity contribution in [2.24, 2.45) is 0 Å². The Kier molecular flexibility index (Phi) is 3.91. The van der Waals surface area contributed by atoms with Crippen molar-refractivity contribution < 1.29 is 13.6 Å². The molecule has 0 spiro atoms. The minimum Gasteiger partial charge on any atom is -0.296 e. The Hall–Kier alpha value is -0.830. The van der Waals surface area contributed by atoms with Gasteiger partial charge in [-0.05, 0) is 19.1 Å². The fraction of sp³-hybridized carbons (Fsp3) is 0.400. The number of nitrogens with zero attached hydrogens (tertiary/aromatic N) is 1. The average molecular weight is 229 g/mol. The van der Waals surface area contributed by atoms with Crippen LogP contribution in [0.3, 0.4) is 0 Å². The van der Waals surface area contributed by atoms with Gasteiger partial charge in [-0.15, -0.1) is 0 Å². The van der Waals surface area contributed by atoms with Crippen LogP contribution in [0.5, 0.6) is 0 Å². The van der Waals surface area contributed by atoms with Crippen LogP contribution in [0.4, 0.5) is 5.69 Å². The van der Waals surface area contributed by atoms with Gasteiger partial charge in [0.2, 0.25) is 0 Å². The Balaban J connectivity index is 2.98. The lowest BCUT2D eigenvalue weighted by molar-refractivity contribution is 0.274. The van der Waals surface area contributed by atoms with Crippen molar-refractivity contribution in [1.29, 1.82) is 0 Å². The molecule has 5 heteroatoms. The van der Waals surface area contributed by atoms with Crippen LogP contribution < -0.4 is 4.67 Å². The van der Waals surface area contributed by atoms with Crippen LogP contribution in [-0.4, -0.2) is 21.3 Å². The fourth-order valence-electron chi connectivity index (χ4n) is 1.22. The van der Waals surface area contributed by atoms with Crippen LogP contribution in [-0.2, 0) is 13.6 Å². The summed E-state index contributed by atoms with van der Waals surface area (Å²) in [6.07, 6.45) is 0. The molecule has 0 saturated carbocycles. The van der Waals surface area contributed by atoms with Crippen LogP contribution in [0.2, 0.25) is 0 Å². The summed E-state index contributed by atoms with van der Waals surface area (Å²) in [6, 6.07) is 7.64. The highest BCUT2D eigenvalue weighted by Crippen LogP contribution is 2.51. The molecule has 0 unspecified atom stereocenters. The second kappa shape index (κ2) is 4.79. The zero-order valence-corrected chi connectivity index (χ0v) is 10.3. The van der Waals surface area contributed by atoms with Crippen molar-refractivity contribution in [1.82, 2.24) is 0 Å². The molecule has 1 aromatic carbocycles. The highest BCUT2D eigenvalue weighted by atomic mass is 31.2. The monoisotopic (exact) mass is 229 g/mol. The molecule has 0 fully saturated rings. The van der Waals surface area contributed by atoms with E-state index in [1.807, 2.05) is 31.2 Å². The number of hydrogen-bond acceptors (Lipinski definition) is 3. The van der Waals surface area contributed by atoms with Crippen molar-refractivity contribution in [2.75, 3.05) is 25.9 Å². The molecule has 1 aromatic rings. The Morgan fingerprint density at radius 1 is 1.13 bits per heavy atom. The SMILES string of the molecule is COP(=O)(OC)N(C)c1ccc(C)cc1. The first kappa shape index (κ1) is 12.2. The van der Waals surface area contributed by atoms with Gasteiger partial charge >= 0.3 is 7.75 Å². The molecule has 0 aliphatic rings. The van der Waals surface area contributed by atoms with Crippen molar-refractivity contribution in [3.63, 3.8) is 0 Å². The first-order chi connectivity index (χ1) is 7.03. The summed E-state index contributed by atoms with van der Waals surface area (Å²) in [7, 11) is 1.24. The van der Waals surface area contributed by atoms with E-state index in [4.69, 9.17) is 9.05 Å². The lowest BCUT2D eigenvalue weighted by atomic mass is 10.2. The predicted octanol–water partition coefficient (Wildman–Crippen LogP) is 2.83. The maximum Gasteiger partial charge on any atom is 0.434 e. The van der Waals surface area contributed by atoms with E-state index in [0.717, 1.165) is 11.3 Å². The summed E-state index contributed by atoms with van der Waals surface area (Å²) in [5.41, 5.74) is 1.95. The minimum atomic E-state index is -3.18. The first-order valence-corrected chi connectivity index (χ1v) is 6.05. The van der Waals surface area contributed by atoms with Gasteiger partial charge in [-0.2, -0.15) is 0 Å². The highest BCUT2D eigenvalue weighted by Gasteiger charge is 2.28. The van der Waals surface area contributed by atoms with Gasteiger partial charge < -0.3 is 0 Å². The number of benzene rings is 1. The zero-order valence-electron chi connectivity index (χ0n) is 9.43. The molecule has 0 amide bonds. The quantitative estimate of drug-likeness (QED) is 0.744. The van der Waals surface area contributed by atoms with Gasteiger partial charge in [-0.3, -0.25) is 13.7 Å². The molecule has 84 valence electrons. The molecule has 0 atom stereocenters. The summed E-state index contributed by atoms with van der Waals surface area (Å²) in [6.45, 7) is 2.00. The summed E-state index contributed by atoms with van der Waals surface area (Å²) in [4.78, 5) is 0. The molecule has 0 saturated heterocycles. The highest BCUT2D eigenvalue weighted by molar-refractivity contribution is 7.55. The van der Waals surface area contributed by atoms with Gasteiger partial charge in [-0.1, -0.05) is 17.7 Å². The molecule has 4 nitrogen and oxygen atoms in total. The van der Waals surface area contributed by atoms with E-state index in [1.165, 1.54) is 18.9 Å². The summed E-state index contributed by atoms with van der Waals surface area (Å²) in [5.74, 6) is 0. The topological polar surface area (TPSA) is 38.8 Å². The molecule has 0 aliphatic carbocycles. The van der Waals surface area contributed by atoms with E-state index < -0.39 is 7.75 Å². The normalized spacial score (nSPS) is 11.5. The third kappa shape index (κ3) is 2.59. The molecule has 0 aromatic heterocycles. The van der Waals surface area contributed by atoms with E-state index in [2.05, 4.69) is 0 Å². The van der Waals surface area contributed by atoms with Crippen LogP contribution >= 0.6 is 7.75 Å². The van der Waals surface area contributed by atoms with E-state index in [1.54, 1.807) is 7.05 Å². The number of rotatable bonds is 4. The Labute approximate surface area is 90.4 Å². The van der Waals surface area contributed by atoms with Crippen molar-refractivity contribution in [3.05, 3.63) is 29.8 Å². The Bertz CT molecular complexity index is 355. The van der Waals surface area contributed by atoms with Gasteiger partial charge in [0, 0.05) is 27.0 Å². The second-order valence-corrected chi connectivity index (χ2v) is 5.46.